The zero-order valence-corrected chi connectivity index (χ0v) is 18.7. The van der Waals surface area contributed by atoms with Gasteiger partial charge in [0.1, 0.15) is 5.76 Å². The van der Waals surface area contributed by atoms with Crippen LogP contribution in [-0.4, -0.2) is 23.1 Å². The van der Waals surface area contributed by atoms with Crippen molar-refractivity contribution < 1.29 is 9.32 Å². The van der Waals surface area contributed by atoms with Gasteiger partial charge in [0.2, 0.25) is 0 Å². The molecule has 2 fully saturated rings. The van der Waals surface area contributed by atoms with Crippen molar-refractivity contribution in [2.75, 3.05) is 0 Å². The largest absolute Gasteiger partial charge is 0.361 e. The minimum Gasteiger partial charge on any atom is -0.361 e. The van der Waals surface area contributed by atoms with Gasteiger partial charge in [-0.25, -0.2) is 0 Å². The summed E-state index contributed by atoms with van der Waals surface area (Å²) in [5.74, 6) is 2.68. The summed E-state index contributed by atoms with van der Waals surface area (Å²) in [5.41, 5.74) is 9.01. The van der Waals surface area contributed by atoms with E-state index in [4.69, 9.17) is 10.3 Å². The number of aryl methyl sites for hydroxylation is 2. The SMILES string of the molecule is Cc1noc(C)c1CSc1ccccc1C(=O)NC1C2CCCC1CC(N)C2.Cl. The molecule has 2 bridgehead atoms. The highest BCUT2D eigenvalue weighted by Crippen LogP contribution is 2.40. The van der Waals surface area contributed by atoms with Crippen LogP contribution in [-0.2, 0) is 5.75 Å². The van der Waals surface area contributed by atoms with E-state index in [0.29, 0.717) is 17.9 Å². The van der Waals surface area contributed by atoms with Gasteiger partial charge in [0, 0.05) is 28.3 Å². The fourth-order valence-corrected chi connectivity index (χ4v) is 6.09. The van der Waals surface area contributed by atoms with Crippen LogP contribution in [0.1, 0.15) is 59.5 Å². The van der Waals surface area contributed by atoms with Crippen LogP contribution in [0.2, 0.25) is 0 Å². The number of nitrogens with two attached hydrogens (primary N) is 1. The van der Waals surface area contributed by atoms with E-state index in [0.717, 1.165) is 46.1 Å². The number of fused-ring (bicyclic) bond motifs is 2. The minimum absolute atomic E-state index is 0. The molecule has 2 saturated carbocycles. The first-order chi connectivity index (χ1) is 13.5. The van der Waals surface area contributed by atoms with Crippen molar-refractivity contribution in [3.63, 3.8) is 0 Å². The van der Waals surface area contributed by atoms with Crippen molar-refractivity contribution in [3.8, 4) is 0 Å². The van der Waals surface area contributed by atoms with Crippen LogP contribution >= 0.6 is 24.2 Å². The quantitative estimate of drug-likeness (QED) is 0.668. The third kappa shape index (κ3) is 4.81. The lowest BCUT2D eigenvalue weighted by atomic mass is 9.67. The second-order valence-electron chi connectivity index (χ2n) is 8.27. The second-order valence-corrected chi connectivity index (χ2v) is 9.29. The predicted molar refractivity (Wildman–Crippen MR) is 119 cm³/mol. The van der Waals surface area contributed by atoms with Gasteiger partial charge in [-0.3, -0.25) is 4.79 Å². The normalized spacial score (nSPS) is 25.9. The summed E-state index contributed by atoms with van der Waals surface area (Å²) in [6.45, 7) is 3.89. The highest BCUT2D eigenvalue weighted by atomic mass is 35.5. The van der Waals surface area contributed by atoms with Crippen LogP contribution < -0.4 is 11.1 Å². The highest BCUT2D eigenvalue weighted by molar-refractivity contribution is 7.98. The monoisotopic (exact) mass is 435 g/mol. The molecule has 2 aliphatic carbocycles. The van der Waals surface area contributed by atoms with Gasteiger partial charge < -0.3 is 15.6 Å². The number of rotatable bonds is 5. The van der Waals surface area contributed by atoms with Crippen molar-refractivity contribution in [1.82, 2.24) is 10.5 Å². The Morgan fingerprint density at radius 3 is 2.59 bits per heavy atom. The van der Waals surface area contributed by atoms with Crippen molar-refractivity contribution in [2.24, 2.45) is 17.6 Å². The number of aromatic nitrogens is 1. The maximum Gasteiger partial charge on any atom is 0.252 e. The Bertz CT molecular complexity index is 823. The number of carbonyl (C=O) groups is 1. The first-order valence-corrected chi connectivity index (χ1v) is 11.2. The number of hydrogen-bond donors (Lipinski definition) is 2. The van der Waals surface area contributed by atoms with Crippen molar-refractivity contribution >= 4 is 30.1 Å². The van der Waals surface area contributed by atoms with Gasteiger partial charge in [0.25, 0.3) is 5.91 Å². The molecule has 0 saturated heterocycles. The average molecular weight is 436 g/mol. The molecule has 0 aliphatic heterocycles. The molecule has 29 heavy (non-hydrogen) atoms. The molecule has 5 nitrogen and oxygen atoms in total. The number of nitrogens with zero attached hydrogens (tertiary/aromatic N) is 1. The number of amides is 1. The third-order valence-corrected chi connectivity index (χ3v) is 7.46. The molecule has 158 valence electrons. The highest BCUT2D eigenvalue weighted by Gasteiger charge is 2.40. The fourth-order valence-electron chi connectivity index (χ4n) is 4.89. The Balaban J connectivity index is 0.00000240. The van der Waals surface area contributed by atoms with Crippen LogP contribution in [0.5, 0.6) is 0 Å². The van der Waals surface area contributed by atoms with Crippen LogP contribution in [0.4, 0.5) is 0 Å². The van der Waals surface area contributed by atoms with Crippen molar-refractivity contribution in [3.05, 3.63) is 46.8 Å². The van der Waals surface area contributed by atoms with Crippen LogP contribution in [0, 0.1) is 25.7 Å². The average Bonchev–Trinajstić information content (AvgIpc) is 2.99. The minimum atomic E-state index is 0. The van der Waals surface area contributed by atoms with Gasteiger partial charge >= 0.3 is 0 Å². The number of nitrogens with one attached hydrogen (secondary N) is 1. The Hall–Kier alpha value is -1.50. The van der Waals surface area contributed by atoms with E-state index in [1.165, 1.54) is 19.3 Å². The predicted octanol–water partition coefficient (Wildman–Crippen LogP) is 4.64. The molecule has 2 aliphatic rings. The number of halogens is 1. The van der Waals surface area contributed by atoms with Crippen LogP contribution in [0.25, 0.3) is 0 Å². The standard InChI is InChI=1S/C22H29N3O2S.ClH/c1-13-19(14(2)27-25-13)12-28-20-9-4-3-8-18(20)22(26)24-21-15-6-5-7-16(21)11-17(23)10-15;/h3-4,8-9,15-17,21H,5-7,10-12,23H2,1-2H3,(H,24,26);1H. The number of benzene rings is 1. The van der Waals surface area contributed by atoms with E-state index in [1.54, 1.807) is 11.8 Å². The number of hydrogen-bond acceptors (Lipinski definition) is 5. The van der Waals surface area contributed by atoms with Gasteiger partial charge in [0.05, 0.1) is 11.3 Å². The van der Waals surface area contributed by atoms with Gasteiger partial charge in [-0.05, 0) is 63.5 Å². The summed E-state index contributed by atoms with van der Waals surface area (Å²) in [6.07, 6.45) is 5.68. The summed E-state index contributed by atoms with van der Waals surface area (Å²) < 4.78 is 5.26. The van der Waals surface area contributed by atoms with E-state index in [2.05, 4.69) is 10.5 Å². The Morgan fingerprint density at radius 1 is 1.24 bits per heavy atom. The maximum atomic E-state index is 13.2. The summed E-state index contributed by atoms with van der Waals surface area (Å²) >= 11 is 1.66. The molecule has 0 spiro atoms. The summed E-state index contributed by atoms with van der Waals surface area (Å²) in [6, 6.07) is 8.43. The first kappa shape index (κ1) is 22.2. The molecule has 4 rings (SSSR count). The molecule has 2 atom stereocenters. The second kappa shape index (κ2) is 9.54. The molecule has 1 heterocycles. The first-order valence-electron chi connectivity index (χ1n) is 10.2. The Labute approximate surface area is 183 Å². The van der Waals surface area contributed by atoms with E-state index < -0.39 is 0 Å². The maximum absolute atomic E-state index is 13.2. The van der Waals surface area contributed by atoms with E-state index in [1.807, 2.05) is 38.1 Å². The summed E-state index contributed by atoms with van der Waals surface area (Å²) in [4.78, 5) is 14.2. The zero-order chi connectivity index (χ0) is 19.7. The van der Waals surface area contributed by atoms with Crippen LogP contribution in [0.3, 0.4) is 0 Å². The van der Waals surface area contributed by atoms with Crippen LogP contribution in [0.15, 0.2) is 33.7 Å². The molecule has 2 aromatic rings. The topological polar surface area (TPSA) is 81.2 Å². The zero-order valence-electron chi connectivity index (χ0n) is 17.0. The molecular weight excluding hydrogens is 406 g/mol. The van der Waals surface area contributed by atoms with Gasteiger partial charge in [-0.15, -0.1) is 24.2 Å². The summed E-state index contributed by atoms with van der Waals surface area (Å²) in [5, 5.41) is 7.40. The van der Waals surface area contributed by atoms with E-state index >= 15 is 0 Å². The smallest absolute Gasteiger partial charge is 0.252 e. The lowest BCUT2D eigenvalue weighted by Crippen LogP contribution is -2.53. The van der Waals surface area contributed by atoms with Gasteiger partial charge in [0.15, 0.2) is 0 Å². The number of carbonyl (C=O) groups excluding carboxylic acids is 1. The molecule has 7 heteroatoms. The molecule has 3 N–H and O–H groups in total. The van der Waals surface area contributed by atoms with E-state index in [-0.39, 0.29) is 24.4 Å². The number of thioether (sulfide) groups is 1. The molecular formula is C22H30ClN3O2S. The van der Waals surface area contributed by atoms with E-state index in [9.17, 15) is 4.79 Å². The van der Waals surface area contributed by atoms with Crippen molar-refractivity contribution in [1.29, 1.82) is 0 Å². The van der Waals surface area contributed by atoms with Gasteiger partial charge in [-0.1, -0.05) is 23.7 Å². The summed E-state index contributed by atoms with van der Waals surface area (Å²) in [7, 11) is 0. The molecule has 0 radical (unpaired) electrons. The Kier molecular flexibility index (Phi) is 7.30. The lowest BCUT2D eigenvalue weighted by molar-refractivity contribution is 0.0753. The fraction of sp³-hybridized carbons (Fsp3) is 0.545. The molecule has 1 aromatic carbocycles. The Morgan fingerprint density at radius 2 is 1.93 bits per heavy atom. The molecule has 2 unspecified atom stereocenters. The third-order valence-electron chi connectivity index (χ3n) is 6.36. The molecule has 1 aromatic heterocycles. The van der Waals surface area contributed by atoms with Crippen molar-refractivity contribution in [2.45, 2.75) is 68.7 Å². The molecule has 1 amide bonds. The lowest BCUT2D eigenvalue weighted by Gasteiger charge is -2.45. The van der Waals surface area contributed by atoms with Gasteiger partial charge in [-0.2, -0.15) is 0 Å².